The van der Waals surface area contributed by atoms with E-state index in [1.807, 2.05) is 66.8 Å². The first-order valence-electron chi connectivity index (χ1n) is 7.76. The molecule has 0 radical (unpaired) electrons. The Bertz CT molecular complexity index is 1080. The van der Waals surface area contributed by atoms with Crippen LogP contribution >= 0.6 is 0 Å². The maximum absolute atomic E-state index is 4.61. The summed E-state index contributed by atoms with van der Waals surface area (Å²) in [5.41, 5.74) is 7.59. The fourth-order valence-corrected chi connectivity index (χ4v) is 2.87. The quantitative estimate of drug-likeness (QED) is 0.306. The summed E-state index contributed by atoms with van der Waals surface area (Å²) in [6.45, 7) is 0. The standard InChI is InChI=1S/C20H13N4.Pt/c1-2-14-10-16-5-6-18(23-16)12-20-8-7-19(24-20)11-17-4-3-15(22-17)9-13(1)21-14;/h1-7,9-12,23-24H;/q-1;. The molecule has 0 atom stereocenters. The van der Waals surface area contributed by atoms with E-state index in [-0.39, 0.29) is 21.1 Å². The third kappa shape index (κ3) is 3.26. The number of hydrogen-bond acceptors (Lipinski definition) is 2. The first-order valence-corrected chi connectivity index (χ1v) is 7.76. The number of nitrogens with one attached hydrogen (secondary N) is 2. The third-order valence-electron chi connectivity index (χ3n) is 3.96. The molecular formula is C20H13N4Pt-. The molecule has 5 heteroatoms. The molecule has 0 aliphatic carbocycles. The minimum absolute atomic E-state index is 0. The van der Waals surface area contributed by atoms with Crippen LogP contribution in [0.25, 0.3) is 46.4 Å². The van der Waals surface area contributed by atoms with Crippen LogP contribution in [0.15, 0.2) is 42.5 Å². The van der Waals surface area contributed by atoms with Crippen LogP contribution < -0.4 is 0 Å². The Labute approximate surface area is 158 Å². The Balaban J connectivity index is 0.00000157. The van der Waals surface area contributed by atoms with Crippen molar-refractivity contribution in [3.05, 3.63) is 71.3 Å². The topological polar surface area (TPSA) is 57.4 Å². The van der Waals surface area contributed by atoms with Crippen LogP contribution in [0, 0.1) is 6.07 Å². The number of rotatable bonds is 0. The van der Waals surface area contributed by atoms with Gasteiger partial charge in [0.1, 0.15) is 0 Å². The van der Waals surface area contributed by atoms with Gasteiger partial charge in [-0.15, -0.1) is 6.07 Å². The molecular weight excluding hydrogens is 491 g/mol. The van der Waals surface area contributed by atoms with Gasteiger partial charge in [-0.1, -0.05) is 17.1 Å². The van der Waals surface area contributed by atoms with Crippen LogP contribution in [0.1, 0.15) is 22.8 Å². The molecule has 8 bridgehead atoms. The first-order chi connectivity index (χ1) is 11.8. The van der Waals surface area contributed by atoms with Gasteiger partial charge >= 0.3 is 0 Å². The zero-order chi connectivity index (χ0) is 15.9. The molecule has 0 saturated heterocycles. The van der Waals surface area contributed by atoms with E-state index in [0.29, 0.717) is 0 Å². The Morgan fingerprint density at radius 3 is 1.88 bits per heavy atom. The third-order valence-corrected chi connectivity index (χ3v) is 3.96. The number of hydrogen-bond donors (Lipinski definition) is 2. The zero-order valence-electron chi connectivity index (χ0n) is 13.1. The average Bonchev–Trinajstić information content (AvgIpc) is 3.32. The van der Waals surface area contributed by atoms with Crippen molar-refractivity contribution in [3.63, 3.8) is 0 Å². The van der Waals surface area contributed by atoms with E-state index < -0.39 is 0 Å². The smallest absolute Gasteiger partial charge is 0.0659 e. The Hall–Kier alpha value is -2.71. The van der Waals surface area contributed by atoms with Crippen molar-refractivity contribution in [2.45, 2.75) is 0 Å². The van der Waals surface area contributed by atoms with Gasteiger partial charge in [-0.25, -0.2) is 4.98 Å². The summed E-state index contributed by atoms with van der Waals surface area (Å²) in [5.74, 6) is 0. The molecule has 2 N–H and O–H groups in total. The van der Waals surface area contributed by atoms with Crippen molar-refractivity contribution in [3.8, 4) is 0 Å². The van der Waals surface area contributed by atoms with E-state index in [0.717, 1.165) is 44.8 Å². The number of aromatic nitrogens is 4. The zero-order valence-corrected chi connectivity index (χ0v) is 15.3. The van der Waals surface area contributed by atoms with Gasteiger partial charge in [0.25, 0.3) is 0 Å². The summed E-state index contributed by atoms with van der Waals surface area (Å²) in [6.07, 6.45) is 8.01. The van der Waals surface area contributed by atoms with Gasteiger partial charge in [-0.2, -0.15) is 12.1 Å². The van der Waals surface area contributed by atoms with Crippen molar-refractivity contribution in [2.24, 2.45) is 0 Å². The molecule has 4 nitrogen and oxygen atoms in total. The number of H-pyrrole nitrogens is 2. The average molecular weight is 504 g/mol. The van der Waals surface area contributed by atoms with E-state index in [2.05, 4.69) is 26.0 Å². The normalized spacial score (nSPS) is 12.2. The minimum atomic E-state index is 0. The molecule has 0 fully saturated rings. The number of aromatic amines is 2. The van der Waals surface area contributed by atoms with Crippen molar-refractivity contribution in [1.82, 2.24) is 19.9 Å². The summed E-state index contributed by atoms with van der Waals surface area (Å²) < 4.78 is 0. The van der Waals surface area contributed by atoms with Gasteiger partial charge in [0, 0.05) is 26.6 Å². The SMILES string of the molecule is [Pt].[c-]1cc2cc3nc(cc4nc(cc5ccc(cc1[nH]2)[nH]5)C=C4)C=C3. The summed E-state index contributed by atoms with van der Waals surface area (Å²) in [7, 11) is 0. The van der Waals surface area contributed by atoms with E-state index in [9.17, 15) is 0 Å². The van der Waals surface area contributed by atoms with E-state index in [4.69, 9.17) is 0 Å². The van der Waals surface area contributed by atoms with E-state index in [1.165, 1.54) is 0 Å². The number of nitrogens with zero attached hydrogens (tertiary/aromatic N) is 2. The summed E-state index contributed by atoms with van der Waals surface area (Å²) in [5, 5.41) is 0. The fourth-order valence-electron chi connectivity index (χ4n) is 2.87. The van der Waals surface area contributed by atoms with Crippen molar-refractivity contribution in [1.29, 1.82) is 0 Å². The van der Waals surface area contributed by atoms with Crippen LogP contribution in [0.4, 0.5) is 0 Å². The fraction of sp³-hybridized carbons (Fsp3) is 0. The second kappa shape index (κ2) is 6.30. The molecule has 0 saturated carbocycles. The first kappa shape index (κ1) is 15.8. The molecule has 124 valence electrons. The second-order valence-electron chi connectivity index (χ2n) is 5.82. The molecule has 0 aromatic carbocycles. The summed E-state index contributed by atoms with van der Waals surface area (Å²) >= 11 is 0. The van der Waals surface area contributed by atoms with Crippen LogP contribution in [0.2, 0.25) is 0 Å². The molecule has 0 amide bonds. The Kier molecular flexibility index (Phi) is 3.98. The molecule has 3 aromatic heterocycles. The van der Waals surface area contributed by atoms with Gasteiger partial charge in [0.15, 0.2) is 0 Å². The molecule has 2 aliphatic rings. The molecule has 2 aliphatic heterocycles. The predicted molar refractivity (Wildman–Crippen MR) is 97.7 cm³/mol. The molecule has 5 heterocycles. The van der Waals surface area contributed by atoms with Crippen LogP contribution in [-0.2, 0) is 21.1 Å². The molecule has 0 unspecified atom stereocenters. The van der Waals surface area contributed by atoms with Crippen LogP contribution in [0.3, 0.4) is 0 Å². The van der Waals surface area contributed by atoms with Crippen molar-refractivity contribution in [2.75, 3.05) is 0 Å². The second-order valence-corrected chi connectivity index (χ2v) is 5.82. The van der Waals surface area contributed by atoms with Crippen molar-refractivity contribution >= 4 is 46.4 Å². The number of fused-ring (bicyclic) bond motifs is 8. The van der Waals surface area contributed by atoms with E-state index >= 15 is 0 Å². The minimum Gasteiger partial charge on any atom is -0.428 e. The van der Waals surface area contributed by atoms with Gasteiger partial charge in [-0.3, -0.25) is 4.98 Å². The maximum atomic E-state index is 4.61. The molecule has 25 heavy (non-hydrogen) atoms. The van der Waals surface area contributed by atoms with Crippen LogP contribution in [0.5, 0.6) is 0 Å². The molecule has 3 aromatic rings. The summed E-state index contributed by atoms with van der Waals surface area (Å²) in [6, 6.07) is 17.3. The van der Waals surface area contributed by atoms with Gasteiger partial charge in [0.2, 0.25) is 0 Å². The van der Waals surface area contributed by atoms with E-state index in [1.54, 1.807) is 0 Å². The molecule has 0 spiro atoms. The predicted octanol–water partition coefficient (Wildman–Crippen LogP) is 4.45. The monoisotopic (exact) mass is 504 g/mol. The van der Waals surface area contributed by atoms with Gasteiger partial charge < -0.3 is 9.97 Å². The van der Waals surface area contributed by atoms with Crippen molar-refractivity contribution < 1.29 is 21.1 Å². The summed E-state index contributed by atoms with van der Waals surface area (Å²) in [4.78, 5) is 15.9. The Morgan fingerprint density at radius 2 is 1.20 bits per heavy atom. The largest absolute Gasteiger partial charge is 0.428 e. The van der Waals surface area contributed by atoms with Gasteiger partial charge in [-0.05, 0) is 54.1 Å². The molecule has 5 rings (SSSR count). The Morgan fingerprint density at radius 1 is 0.640 bits per heavy atom. The van der Waals surface area contributed by atoms with Crippen LogP contribution in [-0.4, -0.2) is 19.9 Å². The maximum Gasteiger partial charge on any atom is 0.0659 e. The van der Waals surface area contributed by atoms with Gasteiger partial charge in [0.05, 0.1) is 22.8 Å².